The standard InChI is InChI=1S/C12H15F3N2O3S/c1-3-17(6-5-8(18)20-4-2)11(19)9-10(12(13,14)15)16-7-21-9/h7H,3-6H2,1-2H3. The SMILES string of the molecule is CCOC(=O)CCN(CC)C(=O)c1scnc1C(F)(F)F. The van der Waals surface area contributed by atoms with Gasteiger partial charge in [-0.25, -0.2) is 4.98 Å². The highest BCUT2D eigenvalue weighted by molar-refractivity contribution is 7.11. The lowest BCUT2D eigenvalue weighted by Crippen LogP contribution is -2.33. The number of hydrogen-bond acceptors (Lipinski definition) is 5. The largest absolute Gasteiger partial charge is 0.466 e. The molecule has 0 spiro atoms. The second kappa shape index (κ2) is 7.39. The number of rotatable bonds is 6. The van der Waals surface area contributed by atoms with Crippen LogP contribution in [0.2, 0.25) is 0 Å². The molecule has 1 aromatic heterocycles. The molecule has 0 atom stereocenters. The van der Waals surface area contributed by atoms with Gasteiger partial charge in [0.1, 0.15) is 4.88 Å². The van der Waals surface area contributed by atoms with Crippen LogP contribution >= 0.6 is 11.3 Å². The summed E-state index contributed by atoms with van der Waals surface area (Å²) in [7, 11) is 0. The van der Waals surface area contributed by atoms with E-state index in [4.69, 9.17) is 4.74 Å². The number of amides is 1. The molecular weight excluding hydrogens is 309 g/mol. The maximum Gasteiger partial charge on any atom is 0.434 e. The van der Waals surface area contributed by atoms with Crippen molar-refractivity contribution in [3.8, 4) is 0 Å². The summed E-state index contributed by atoms with van der Waals surface area (Å²) in [4.78, 5) is 27.3. The van der Waals surface area contributed by atoms with E-state index < -0.39 is 28.6 Å². The molecule has 0 aliphatic heterocycles. The number of thiazole rings is 1. The first kappa shape index (κ1) is 17.4. The highest BCUT2D eigenvalue weighted by Gasteiger charge is 2.39. The van der Waals surface area contributed by atoms with Gasteiger partial charge in [0.25, 0.3) is 5.91 Å². The average molecular weight is 324 g/mol. The van der Waals surface area contributed by atoms with Gasteiger partial charge in [-0.15, -0.1) is 11.3 Å². The van der Waals surface area contributed by atoms with Crippen LogP contribution in [0.5, 0.6) is 0 Å². The Labute approximate surface area is 123 Å². The van der Waals surface area contributed by atoms with Gasteiger partial charge in [-0.05, 0) is 13.8 Å². The molecule has 0 aliphatic carbocycles. The van der Waals surface area contributed by atoms with E-state index in [1.807, 2.05) is 0 Å². The van der Waals surface area contributed by atoms with Gasteiger partial charge in [0.15, 0.2) is 5.69 Å². The summed E-state index contributed by atoms with van der Waals surface area (Å²) in [6, 6.07) is 0. The van der Waals surface area contributed by atoms with Gasteiger partial charge in [-0.3, -0.25) is 9.59 Å². The monoisotopic (exact) mass is 324 g/mol. The summed E-state index contributed by atoms with van der Waals surface area (Å²) in [6.45, 7) is 3.67. The Bertz CT molecular complexity index is 502. The summed E-state index contributed by atoms with van der Waals surface area (Å²) in [5.74, 6) is -1.28. The molecule has 0 N–H and O–H groups in total. The van der Waals surface area contributed by atoms with E-state index in [1.165, 1.54) is 4.90 Å². The molecule has 0 saturated carbocycles. The highest BCUT2D eigenvalue weighted by atomic mass is 32.1. The van der Waals surface area contributed by atoms with E-state index in [2.05, 4.69) is 4.98 Å². The Morgan fingerprint density at radius 1 is 1.38 bits per heavy atom. The molecular formula is C12H15F3N2O3S. The van der Waals surface area contributed by atoms with Crippen LogP contribution in [-0.2, 0) is 15.7 Å². The molecule has 118 valence electrons. The quantitative estimate of drug-likeness (QED) is 0.755. The fourth-order valence-corrected chi connectivity index (χ4v) is 2.38. The second-order valence-corrected chi connectivity index (χ2v) is 4.82. The minimum Gasteiger partial charge on any atom is -0.466 e. The zero-order valence-corrected chi connectivity index (χ0v) is 12.4. The number of ether oxygens (including phenoxy) is 1. The predicted molar refractivity (Wildman–Crippen MR) is 69.9 cm³/mol. The number of nitrogens with zero attached hydrogens (tertiary/aromatic N) is 2. The fraction of sp³-hybridized carbons (Fsp3) is 0.583. The van der Waals surface area contributed by atoms with Crippen LogP contribution in [0, 0.1) is 0 Å². The average Bonchev–Trinajstić information content (AvgIpc) is 2.88. The molecule has 0 radical (unpaired) electrons. The Morgan fingerprint density at radius 2 is 2.05 bits per heavy atom. The van der Waals surface area contributed by atoms with E-state index in [0.29, 0.717) is 11.3 Å². The minimum atomic E-state index is -4.68. The summed E-state index contributed by atoms with van der Waals surface area (Å²) in [5.41, 5.74) is -0.206. The van der Waals surface area contributed by atoms with Gasteiger partial charge in [0, 0.05) is 13.1 Å². The van der Waals surface area contributed by atoms with Gasteiger partial charge < -0.3 is 9.64 Å². The molecule has 1 amide bonds. The first-order valence-electron chi connectivity index (χ1n) is 6.26. The third kappa shape index (κ3) is 4.69. The van der Waals surface area contributed by atoms with Crippen LogP contribution < -0.4 is 0 Å². The first-order valence-corrected chi connectivity index (χ1v) is 7.14. The smallest absolute Gasteiger partial charge is 0.434 e. The van der Waals surface area contributed by atoms with Crippen molar-refractivity contribution >= 4 is 23.2 Å². The molecule has 0 fully saturated rings. The summed E-state index contributed by atoms with van der Waals surface area (Å²) >= 11 is 0.634. The van der Waals surface area contributed by atoms with Crippen LogP contribution in [0.25, 0.3) is 0 Å². The summed E-state index contributed by atoms with van der Waals surface area (Å²) in [5, 5.41) is 0. The number of carbonyl (C=O) groups excluding carboxylic acids is 2. The molecule has 5 nitrogen and oxygen atoms in total. The fourth-order valence-electron chi connectivity index (χ4n) is 1.61. The van der Waals surface area contributed by atoms with Crippen molar-refractivity contribution in [1.29, 1.82) is 0 Å². The third-order valence-corrected chi connectivity index (χ3v) is 3.40. The van der Waals surface area contributed by atoms with Gasteiger partial charge in [0.05, 0.1) is 18.5 Å². The lowest BCUT2D eigenvalue weighted by molar-refractivity contribution is -0.143. The van der Waals surface area contributed by atoms with E-state index >= 15 is 0 Å². The molecule has 1 aromatic rings. The van der Waals surface area contributed by atoms with Crippen molar-refractivity contribution in [2.24, 2.45) is 0 Å². The number of halogens is 3. The minimum absolute atomic E-state index is 0.00334. The molecule has 1 heterocycles. The molecule has 9 heteroatoms. The zero-order chi connectivity index (χ0) is 16.0. The molecule has 0 saturated heterocycles. The lowest BCUT2D eigenvalue weighted by Gasteiger charge is -2.20. The van der Waals surface area contributed by atoms with Crippen LogP contribution in [0.15, 0.2) is 5.51 Å². The molecule has 1 rings (SSSR count). The Kier molecular flexibility index (Phi) is 6.13. The van der Waals surface area contributed by atoms with E-state index in [9.17, 15) is 22.8 Å². The summed E-state index contributed by atoms with van der Waals surface area (Å²) in [6.07, 6.45) is -4.74. The van der Waals surface area contributed by atoms with Crippen molar-refractivity contribution in [3.63, 3.8) is 0 Å². The van der Waals surface area contributed by atoms with Crippen LogP contribution in [0.1, 0.15) is 35.6 Å². The molecule has 21 heavy (non-hydrogen) atoms. The van der Waals surface area contributed by atoms with Crippen molar-refractivity contribution in [2.75, 3.05) is 19.7 Å². The lowest BCUT2D eigenvalue weighted by atomic mass is 10.3. The first-order chi connectivity index (χ1) is 9.81. The van der Waals surface area contributed by atoms with Crippen molar-refractivity contribution < 1.29 is 27.5 Å². The summed E-state index contributed by atoms with van der Waals surface area (Å²) < 4.78 is 42.9. The number of esters is 1. The normalized spacial score (nSPS) is 11.3. The van der Waals surface area contributed by atoms with Crippen molar-refractivity contribution in [3.05, 3.63) is 16.1 Å². The van der Waals surface area contributed by atoms with E-state index in [0.717, 1.165) is 5.51 Å². The van der Waals surface area contributed by atoms with Gasteiger partial charge in [-0.2, -0.15) is 13.2 Å². The van der Waals surface area contributed by atoms with Crippen LogP contribution in [0.3, 0.4) is 0 Å². The van der Waals surface area contributed by atoms with Crippen LogP contribution in [0.4, 0.5) is 13.2 Å². The van der Waals surface area contributed by atoms with Gasteiger partial charge in [0.2, 0.25) is 0 Å². The number of carbonyl (C=O) groups is 2. The third-order valence-electron chi connectivity index (χ3n) is 2.59. The Hall–Kier alpha value is -1.64. The number of alkyl halides is 3. The van der Waals surface area contributed by atoms with Gasteiger partial charge >= 0.3 is 12.1 Å². The molecule has 0 bridgehead atoms. The van der Waals surface area contributed by atoms with Gasteiger partial charge in [-0.1, -0.05) is 0 Å². The highest BCUT2D eigenvalue weighted by Crippen LogP contribution is 2.33. The maximum atomic E-state index is 12.7. The number of hydrogen-bond donors (Lipinski definition) is 0. The maximum absolute atomic E-state index is 12.7. The molecule has 0 aromatic carbocycles. The molecule has 0 aliphatic rings. The predicted octanol–water partition coefficient (Wildman–Crippen LogP) is 2.58. The molecule has 0 unspecified atom stereocenters. The zero-order valence-electron chi connectivity index (χ0n) is 11.6. The number of aromatic nitrogens is 1. The second-order valence-electron chi connectivity index (χ2n) is 3.97. The van der Waals surface area contributed by atoms with E-state index in [-0.39, 0.29) is 26.1 Å². The van der Waals surface area contributed by atoms with E-state index in [1.54, 1.807) is 13.8 Å². The van der Waals surface area contributed by atoms with Crippen molar-refractivity contribution in [1.82, 2.24) is 9.88 Å². The van der Waals surface area contributed by atoms with Crippen LogP contribution in [-0.4, -0.2) is 41.5 Å². The Balaban J connectivity index is 2.80. The Morgan fingerprint density at radius 3 is 2.57 bits per heavy atom. The topological polar surface area (TPSA) is 59.5 Å². The van der Waals surface area contributed by atoms with Crippen molar-refractivity contribution in [2.45, 2.75) is 26.4 Å².